The maximum Gasteiger partial charge on any atom is 0.326 e. The third-order valence-corrected chi connectivity index (χ3v) is 3.96. The van der Waals surface area contributed by atoms with Crippen molar-refractivity contribution in [3.63, 3.8) is 0 Å². The van der Waals surface area contributed by atoms with Crippen molar-refractivity contribution in [3.05, 3.63) is 69.8 Å². The van der Waals surface area contributed by atoms with E-state index in [1.54, 1.807) is 0 Å². The van der Waals surface area contributed by atoms with Crippen LogP contribution in [-0.4, -0.2) is 33.9 Å². The Labute approximate surface area is 171 Å². The van der Waals surface area contributed by atoms with E-state index in [0.29, 0.717) is 5.56 Å². The molecule has 3 N–H and O–H groups in total. The van der Waals surface area contributed by atoms with Crippen molar-refractivity contribution >= 4 is 29.5 Å². The number of furan rings is 1. The first kappa shape index (κ1) is 22.3. The lowest BCUT2D eigenvalue weighted by molar-refractivity contribution is -0.384. The van der Waals surface area contributed by atoms with Gasteiger partial charge in [0.1, 0.15) is 11.7 Å². The topological polar surface area (TPSA) is 152 Å². The van der Waals surface area contributed by atoms with Gasteiger partial charge in [-0.2, -0.15) is 0 Å². The number of nitro groups is 1. The van der Waals surface area contributed by atoms with Crippen LogP contribution in [0.3, 0.4) is 0 Å². The normalized spacial score (nSPS) is 12.3. The Morgan fingerprint density at radius 2 is 1.87 bits per heavy atom. The molecule has 158 valence electrons. The second-order valence-electron chi connectivity index (χ2n) is 6.83. The number of nitrogens with zero attached hydrogens (tertiary/aromatic N) is 1. The van der Waals surface area contributed by atoms with E-state index >= 15 is 0 Å². The number of benzene rings is 1. The van der Waals surface area contributed by atoms with E-state index in [2.05, 4.69) is 10.6 Å². The third-order valence-electron chi connectivity index (χ3n) is 3.96. The number of hydrogen-bond acceptors (Lipinski definition) is 6. The fraction of sp³-hybridized carbons (Fsp3) is 0.250. The first-order chi connectivity index (χ1) is 14.2. The van der Waals surface area contributed by atoms with E-state index in [0.717, 1.165) is 0 Å². The van der Waals surface area contributed by atoms with Gasteiger partial charge in [-0.15, -0.1) is 0 Å². The van der Waals surface area contributed by atoms with Gasteiger partial charge in [0.15, 0.2) is 5.76 Å². The minimum absolute atomic E-state index is 0.00575. The summed E-state index contributed by atoms with van der Waals surface area (Å²) in [5.41, 5.74) is 0.0159. The molecule has 30 heavy (non-hydrogen) atoms. The summed E-state index contributed by atoms with van der Waals surface area (Å²) in [6.07, 6.45) is 2.77. The van der Waals surface area contributed by atoms with Crippen molar-refractivity contribution in [2.24, 2.45) is 5.92 Å². The number of hydrogen-bond donors (Lipinski definition) is 3. The second kappa shape index (κ2) is 10.0. The lowest BCUT2D eigenvalue weighted by Gasteiger charge is -2.18. The summed E-state index contributed by atoms with van der Waals surface area (Å²) in [5, 5.41) is 24.9. The van der Waals surface area contributed by atoms with Gasteiger partial charge >= 0.3 is 5.97 Å². The standard InChI is InChI=1S/C20H21N3O7/c1-12(2)10-16(20(26)27)22-18(24)15(21-19(25)17-4-3-9-30-17)11-13-5-7-14(8-6-13)23(28)29/h3-9,11-12,16H,10H2,1-2H3,(H,21,25)(H,22,24)(H,26,27)/b15-11+/t16-/m0/s1. The Bertz CT molecular complexity index is 947. The van der Waals surface area contributed by atoms with Crippen LogP contribution in [0.5, 0.6) is 0 Å². The summed E-state index contributed by atoms with van der Waals surface area (Å²) in [7, 11) is 0. The van der Waals surface area contributed by atoms with Crippen LogP contribution in [0, 0.1) is 16.0 Å². The molecule has 0 saturated heterocycles. The van der Waals surface area contributed by atoms with Crippen molar-refractivity contribution in [2.75, 3.05) is 0 Å². The second-order valence-corrected chi connectivity index (χ2v) is 6.83. The van der Waals surface area contributed by atoms with Crippen LogP contribution in [0.2, 0.25) is 0 Å². The van der Waals surface area contributed by atoms with Gasteiger partial charge in [-0.3, -0.25) is 19.7 Å². The Kier molecular flexibility index (Phi) is 7.45. The minimum Gasteiger partial charge on any atom is -0.480 e. The molecule has 2 aromatic rings. The molecule has 0 saturated carbocycles. The van der Waals surface area contributed by atoms with Crippen LogP contribution >= 0.6 is 0 Å². The van der Waals surface area contributed by atoms with Gasteiger partial charge in [-0.05, 0) is 48.2 Å². The number of carboxylic acids is 1. The molecule has 0 aliphatic carbocycles. The molecule has 0 aliphatic rings. The molecule has 0 unspecified atom stereocenters. The number of nitro benzene ring substituents is 1. The predicted octanol–water partition coefficient (Wildman–Crippen LogP) is 2.57. The Hall–Kier alpha value is -3.95. The molecule has 10 heteroatoms. The molecule has 0 bridgehead atoms. The average Bonchev–Trinajstić information content (AvgIpc) is 3.21. The van der Waals surface area contributed by atoms with E-state index in [1.165, 1.54) is 48.7 Å². The van der Waals surface area contributed by atoms with Gasteiger partial charge < -0.3 is 20.2 Å². The molecule has 2 rings (SSSR count). The molecule has 1 aromatic carbocycles. The molecule has 1 aromatic heterocycles. The van der Waals surface area contributed by atoms with Crippen LogP contribution in [-0.2, 0) is 9.59 Å². The van der Waals surface area contributed by atoms with E-state index in [1.807, 2.05) is 13.8 Å². The molecule has 0 aliphatic heterocycles. The number of nitrogens with one attached hydrogen (secondary N) is 2. The molecule has 0 spiro atoms. The smallest absolute Gasteiger partial charge is 0.326 e. The predicted molar refractivity (Wildman–Crippen MR) is 106 cm³/mol. The fourth-order valence-electron chi connectivity index (χ4n) is 2.54. The molecule has 0 radical (unpaired) electrons. The number of carbonyl (C=O) groups excluding carboxylic acids is 2. The zero-order valence-electron chi connectivity index (χ0n) is 16.3. The average molecular weight is 415 g/mol. The number of carboxylic acid groups (broad SMARTS) is 1. The lowest BCUT2D eigenvalue weighted by atomic mass is 10.0. The highest BCUT2D eigenvalue weighted by Gasteiger charge is 2.24. The van der Waals surface area contributed by atoms with Gasteiger partial charge in [0, 0.05) is 12.1 Å². The van der Waals surface area contributed by atoms with Crippen LogP contribution in [0.4, 0.5) is 5.69 Å². The van der Waals surface area contributed by atoms with Gasteiger partial charge in [0.25, 0.3) is 17.5 Å². The van der Waals surface area contributed by atoms with Crippen LogP contribution in [0.1, 0.15) is 36.4 Å². The maximum absolute atomic E-state index is 12.7. The third kappa shape index (κ3) is 6.30. The van der Waals surface area contributed by atoms with Crippen molar-refractivity contribution in [1.29, 1.82) is 0 Å². The number of non-ortho nitro benzene ring substituents is 1. The number of amides is 2. The highest BCUT2D eigenvalue weighted by molar-refractivity contribution is 6.05. The molecule has 1 atom stereocenters. The van der Waals surface area contributed by atoms with Crippen LogP contribution in [0.15, 0.2) is 52.8 Å². The molecular weight excluding hydrogens is 394 g/mol. The largest absolute Gasteiger partial charge is 0.480 e. The van der Waals surface area contributed by atoms with Crippen molar-refractivity contribution in [2.45, 2.75) is 26.3 Å². The number of carbonyl (C=O) groups is 3. The Balaban J connectivity index is 2.31. The van der Waals surface area contributed by atoms with Crippen molar-refractivity contribution in [3.8, 4) is 0 Å². The van der Waals surface area contributed by atoms with Gasteiger partial charge in [0.05, 0.1) is 11.2 Å². The SMILES string of the molecule is CC(C)C[C@H](NC(=O)/C(=C\c1ccc([N+](=O)[O-])cc1)NC(=O)c1ccco1)C(=O)O. The van der Waals surface area contributed by atoms with E-state index < -0.39 is 28.7 Å². The van der Waals surface area contributed by atoms with Crippen molar-refractivity contribution in [1.82, 2.24) is 10.6 Å². The zero-order valence-corrected chi connectivity index (χ0v) is 16.3. The first-order valence-corrected chi connectivity index (χ1v) is 9.02. The summed E-state index contributed by atoms with van der Waals surface area (Å²) < 4.78 is 5.00. The fourth-order valence-corrected chi connectivity index (χ4v) is 2.54. The van der Waals surface area contributed by atoms with E-state index in [9.17, 15) is 29.6 Å². The summed E-state index contributed by atoms with van der Waals surface area (Å²) in [4.78, 5) is 46.7. The molecule has 2 amide bonds. The summed E-state index contributed by atoms with van der Waals surface area (Å²) >= 11 is 0. The van der Waals surface area contributed by atoms with Crippen LogP contribution in [0.25, 0.3) is 6.08 Å². The Morgan fingerprint density at radius 3 is 2.37 bits per heavy atom. The molecule has 1 heterocycles. The maximum atomic E-state index is 12.7. The number of rotatable bonds is 9. The monoisotopic (exact) mass is 415 g/mol. The lowest BCUT2D eigenvalue weighted by Crippen LogP contribution is -2.44. The molecule has 0 fully saturated rings. The summed E-state index contributed by atoms with van der Waals surface area (Å²) in [5.74, 6) is -2.77. The quantitative estimate of drug-likeness (QED) is 0.323. The van der Waals surface area contributed by atoms with Gasteiger partial charge in [0.2, 0.25) is 0 Å². The zero-order chi connectivity index (χ0) is 22.3. The van der Waals surface area contributed by atoms with E-state index in [4.69, 9.17) is 4.42 Å². The summed E-state index contributed by atoms with van der Waals surface area (Å²) in [6, 6.07) is 7.02. The minimum atomic E-state index is -1.20. The molecule has 10 nitrogen and oxygen atoms in total. The first-order valence-electron chi connectivity index (χ1n) is 9.02. The highest BCUT2D eigenvalue weighted by atomic mass is 16.6. The summed E-state index contributed by atoms with van der Waals surface area (Å²) in [6.45, 7) is 3.63. The van der Waals surface area contributed by atoms with Gasteiger partial charge in [-0.25, -0.2) is 4.79 Å². The highest BCUT2D eigenvalue weighted by Crippen LogP contribution is 2.15. The van der Waals surface area contributed by atoms with Crippen molar-refractivity contribution < 1.29 is 28.8 Å². The number of aliphatic carboxylic acids is 1. The molecular formula is C20H21N3O7. The Morgan fingerprint density at radius 1 is 1.20 bits per heavy atom. The van der Waals surface area contributed by atoms with Crippen LogP contribution < -0.4 is 10.6 Å². The van der Waals surface area contributed by atoms with E-state index in [-0.39, 0.29) is 29.5 Å². The van der Waals surface area contributed by atoms with Gasteiger partial charge in [-0.1, -0.05) is 13.8 Å².